The fourth-order valence-electron chi connectivity index (χ4n) is 8.75. The Hall–Kier alpha value is -7.58. The SMILES string of the molecule is CC(C)C[C@@H]1NC(=O)[C@H](Cc2ccccc2)NC(=O)[C@H](CCN)NC(=O)[C@@H](NC(=O)[C@H](CCN)NC(=O)[C@@H](NC(=O)[C@H](CCN)NC(=O)Nc2ccccc2Cl)[C@@H](C)O)CCNC(=O)[C@H]([C@@H](C)O)NC(=O)[C@H](CCN)NC(=O)[C@H](CCN)NC1=O. The van der Waals surface area contributed by atoms with E-state index in [0.717, 1.165) is 0 Å². The highest BCUT2D eigenvalue weighted by Gasteiger charge is 2.37. The lowest BCUT2D eigenvalue weighted by Crippen LogP contribution is -2.62. The smallest absolute Gasteiger partial charge is 0.319 e. The summed E-state index contributed by atoms with van der Waals surface area (Å²) in [5.41, 5.74) is 30.1. The van der Waals surface area contributed by atoms with Crippen LogP contribution in [0.3, 0.4) is 0 Å². The van der Waals surface area contributed by atoms with E-state index >= 15 is 0 Å². The molecule has 3 rings (SSSR count). The molecule has 472 valence electrons. The fraction of sp³-hybridized carbons (Fsp3) is 0.574. The zero-order chi connectivity index (χ0) is 63.3. The standard InChI is InChI=1S/C54H86ClN17O13/c1-28(2)26-40-50(81)64-34(14-20-56)44(75)63-37(17-23-59)48(79)71-42(29(3)73)52(83)61-25-19-39(47(78)62-35(15-21-57)46(77)68-41(51(82)67-40)27-31-10-6-5-7-11-31)65-45(76)36(16-22-58)66-53(84)43(30(4)74)72-49(80)38(18-24-60)70-54(85)69-33-13-9-8-12-32(33)55/h5-13,28-30,34-43,73-74H,14-27,56-60H2,1-4H3,(H,61,83)(H,62,78)(H,63,75)(H,64,81)(H,65,76)(H,66,84)(H,67,82)(H,68,77)(H,71,79)(H,72,80)(H2,69,70,85)/t29-,30-,34+,35+,36+,37+,38+,39+,40+,41+,42+,43+/m1/s1. The number of amides is 12. The minimum Gasteiger partial charge on any atom is -0.391 e. The van der Waals surface area contributed by atoms with Gasteiger partial charge in [-0.3, -0.25) is 47.9 Å². The molecule has 2 aromatic carbocycles. The number of halogens is 1. The summed E-state index contributed by atoms with van der Waals surface area (Å²) in [7, 11) is 0. The zero-order valence-electron chi connectivity index (χ0n) is 48.3. The highest BCUT2D eigenvalue weighted by Crippen LogP contribution is 2.20. The first-order valence-corrected chi connectivity index (χ1v) is 28.5. The van der Waals surface area contributed by atoms with E-state index in [0.29, 0.717) is 5.56 Å². The van der Waals surface area contributed by atoms with Crippen molar-refractivity contribution in [3.8, 4) is 0 Å². The molecule has 85 heavy (non-hydrogen) atoms. The Morgan fingerprint density at radius 3 is 1.56 bits per heavy atom. The molecule has 1 aliphatic rings. The van der Waals surface area contributed by atoms with E-state index in [1.54, 1.807) is 56.3 Å². The molecule has 12 atom stereocenters. The van der Waals surface area contributed by atoms with Gasteiger partial charge >= 0.3 is 6.03 Å². The second-order valence-corrected chi connectivity index (χ2v) is 21.2. The van der Waals surface area contributed by atoms with Gasteiger partial charge in [-0.05, 0) is 115 Å². The van der Waals surface area contributed by atoms with Crippen molar-refractivity contribution in [2.75, 3.05) is 44.6 Å². The van der Waals surface area contributed by atoms with Crippen molar-refractivity contribution >= 4 is 82.4 Å². The molecule has 0 aromatic heterocycles. The van der Waals surface area contributed by atoms with E-state index in [1.807, 2.05) is 0 Å². The van der Waals surface area contributed by atoms with Crippen molar-refractivity contribution in [2.45, 2.75) is 152 Å². The first-order valence-electron chi connectivity index (χ1n) is 28.1. The molecule has 0 unspecified atom stereocenters. The summed E-state index contributed by atoms with van der Waals surface area (Å²) in [4.78, 5) is 154. The number of para-hydroxylation sites is 1. The van der Waals surface area contributed by atoms with Gasteiger partial charge in [0.1, 0.15) is 60.4 Å². The van der Waals surface area contributed by atoms with Gasteiger partial charge in [0.05, 0.1) is 22.9 Å². The van der Waals surface area contributed by atoms with E-state index in [9.17, 15) is 63.0 Å². The van der Waals surface area contributed by atoms with E-state index in [2.05, 4.69) is 63.8 Å². The van der Waals surface area contributed by atoms with Gasteiger partial charge in [0.25, 0.3) is 0 Å². The van der Waals surface area contributed by atoms with Crippen LogP contribution in [-0.4, -0.2) is 187 Å². The summed E-state index contributed by atoms with van der Waals surface area (Å²) in [5.74, 6) is -9.81. The van der Waals surface area contributed by atoms with Gasteiger partial charge in [-0.2, -0.15) is 0 Å². The zero-order valence-corrected chi connectivity index (χ0v) is 49.0. The number of carbonyl (C=O) groups excluding carboxylic acids is 11. The molecule has 0 radical (unpaired) electrons. The van der Waals surface area contributed by atoms with Crippen molar-refractivity contribution in [1.82, 2.24) is 58.5 Å². The van der Waals surface area contributed by atoms with Gasteiger partial charge in [0.2, 0.25) is 59.1 Å². The van der Waals surface area contributed by atoms with Crippen LogP contribution in [0.25, 0.3) is 0 Å². The molecule has 0 saturated carbocycles. The summed E-state index contributed by atoms with van der Waals surface area (Å²) in [6.07, 6.45) is -4.78. The Morgan fingerprint density at radius 2 is 1.05 bits per heavy atom. The van der Waals surface area contributed by atoms with Crippen molar-refractivity contribution in [3.63, 3.8) is 0 Å². The van der Waals surface area contributed by atoms with E-state index in [4.69, 9.17) is 40.3 Å². The molecule has 0 aliphatic carbocycles. The summed E-state index contributed by atoms with van der Waals surface area (Å²) in [6.45, 7) is 4.59. The average molecular weight is 1220 g/mol. The number of rotatable bonds is 24. The second kappa shape index (κ2) is 37.0. The van der Waals surface area contributed by atoms with Gasteiger partial charge in [-0.25, -0.2) is 4.79 Å². The van der Waals surface area contributed by atoms with Crippen LogP contribution < -0.4 is 92.5 Å². The minimum atomic E-state index is -1.77. The largest absolute Gasteiger partial charge is 0.391 e. The molecular formula is C54H86ClN17O13. The van der Waals surface area contributed by atoms with Crippen molar-refractivity contribution in [2.24, 2.45) is 34.6 Å². The van der Waals surface area contributed by atoms with Crippen LogP contribution in [0.2, 0.25) is 5.02 Å². The molecule has 1 aliphatic heterocycles. The van der Waals surface area contributed by atoms with E-state index in [-0.39, 0.29) is 94.3 Å². The summed E-state index contributed by atoms with van der Waals surface area (Å²) in [5, 5.41) is 52.0. The molecular weight excluding hydrogens is 1130 g/mol. The molecule has 0 bridgehead atoms. The highest BCUT2D eigenvalue weighted by atomic mass is 35.5. The Morgan fingerprint density at radius 1 is 0.565 bits per heavy atom. The third-order valence-corrected chi connectivity index (χ3v) is 13.6. The molecule has 0 spiro atoms. The number of nitrogens with two attached hydrogens (primary N) is 5. The number of urea groups is 1. The average Bonchev–Trinajstić information content (AvgIpc) is 3.57. The molecule has 2 aromatic rings. The summed E-state index contributed by atoms with van der Waals surface area (Å²) < 4.78 is 0. The molecule has 24 N–H and O–H groups in total. The maximum atomic E-state index is 14.5. The lowest BCUT2D eigenvalue weighted by Gasteiger charge is -2.29. The van der Waals surface area contributed by atoms with Gasteiger partial charge in [0, 0.05) is 13.0 Å². The molecule has 1 saturated heterocycles. The maximum absolute atomic E-state index is 14.5. The molecule has 30 nitrogen and oxygen atoms in total. The van der Waals surface area contributed by atoms with Crippen LogP contribution >= 0.6 is 11.6 Å². The molecule has 12 amide bonds. The minimum absolute atomic E-state index is 0.0369. The van der Waals surface area contributed by atoms with Crippen LogP contribution in [0, 0.1) is 5.92 Å². The van der Waals surface area contributed by atoms with Crippen LogP contribution in [0.4, 0.5) is 10.5 Å². The molecule has 31 heteroatoms. The highest BCUT2D eigenvalue weighted by molar-refractivity contribution is 6.33. The summed E-state index contributed by atoms with van der Waals surface area (Å²) in [6, 6.07) is -1.22. The van der Waals surface area contributed by atoms with Crippen LogP contribution in [0.1, 0.15) is 78.2 Å². The number of benzene rings is 2. The van der Waals surface area contributed by atoms with Gasteiger partial charge in [-0.1, -0.05) is 67.9 Å². The topological polar surface area (TPSA) is 503 Å². The number of anilines is 1. The number of aliphatic hydroxyl groups is 2. The number of carbonyl (C=O) groups is 11. The lowest BCUT2D eigenvalue weighted by atomic mass is 10.00. The molecule has 1 heterocycles. The normalized spacial score (nSPS) is 22.4. The number of nitrogens with one attached hydrogen (secondary N) is 12. The van der Waals surface area contributed by atoms with Crippen molar-refractivity contribution < 1.29 is 63.0 Å². The quantitative estimate of drug-likeness (QED) is 0.0466. The Balaban J connectivity index is 2.08. The molecule has 1 fully saturated rings. The predicted molar refractivity (Wildman–Crippen MR) is 314 cm³/mol. The van der Waals surface area contributed by atoms with Gasteiger partial charge in [0.15, 0.2) is 0 Å². The number of hydrogen-bond donors (Lipinski definition) is 19. The number of hydrogen-bond acceptors (Lipinski definition) is 18. The van der Waals surface area contributed by atoms with E-state index < -0.39 is 151 Å². The Labute approximate surface area is 498 Å². The predicted octanol–water partition coefficient (Wildman–Crippen LogP) is -5.49. The second-order valence-electron chi connectivity index (χ2n) is 20.8. The lowest BCUT2D eigenvalue weighted by molar-refractivity contribution is -0.136. The van der Waals surface area contributed by atoms with Crippen LogP contribution in [0.15, 0.2) is 54.6 Å². The third kappa shape index (κ3) is 24.1. The monoisotopic (exact) mass is 1220 g/mol. The van der Waals surface area contributed by atoms with Crippen LogP contribution in [0.5, 0.6) is 0 Å². The van der Waals surface area contributed by atoms with Crippen LogP contribution in [-0.2, 0) is 54.4 Å². The number of aliphatic hydroxyl groups excluding tert-OH is 2. The van der Waals surface area contributed by atoms with Crippen molar-refractivity contribution in [3.05, 3.63) is 65.2 Å². The third-order valence-electron chi connectivity index (χ3n) is 13.3. The Kier molecular flexibility index (Phi) is 31.2. The summed E-state index contributed by atoms with van der Waals surface area (Å²) >= 11 is 6.16. The fourth-order valence-corrected chi connectivity index (χ4v) is 8.93. The van der Waals surface area contributed by atoms with Gasteiger partial charge in [-0.15, -0.1) is 0 Å². The van der Waals surface area contributed by atoms with E-state index in [1.165, 1.54) is 26.0 Å². The first kappa shape index (κ1) is 71.7. The first-order chi connectivity index (χ1) is 40.4. The maximum Gasteiger partial charge on any atom is 0.319 e. The van der Waals surface area contributed by atoms with Crippen molar-refractivity contribution in [1.29, 1.82) is 0 Å². The van der Waals surface area contributed by atoms with Gasteiger partial charge < -0.3 is 103 Å². The Bertz CT molecular complexity index is 2570.